The van der Waals surface area contributed by atoms with E-state index in [9.17, 15) is 13.2 Å². The van der Waals surface area contributed by atoms with Gasteiger partial charge in [0, 0.05) is 12.1 Å². The lowest BCUT2D eigenvalue weighted by atomic mass is 10.1. The average molecular weight is 311 g/mol. The zero-order valence-corrected chi connectivity index (χ0v) is 12.2. The molecule has 1 atom stereocenters. The molecule has 1 fully saturated rings. The molecule has 7 nitrogen and oxygen atoms in total. The number of carbonyl (C=O) groups is 1. The van der Waals surface area contributed by atoms with Crippen LogP contribution in [0.25, 0.3) is 0 Å². The number of ether oxygens (including phenoxy) is 1. The zero-order valence-electron chi connectivity index (χ0n) is 11.4. The van der Waals surface area contributed by atoms with Crippen LogP contribution in [0.15, 0.2) is 12.1 Å². The van der Waals surface area contributed by atoms with Crippen LogP contribution in [0, 0.1) is 0 Å². The van der Waals surface area contributed by atoms with Crippen LogP contribution in [0.5, 0.6) is 5.75 Å². The third-order valence-electron chi connectivity index (χ3n) is 3.61. The number of nitrogens with one attached hydrogen (secondary N) is 2. The van der Waals surface area contributed by atoms with Crippen molar-refractivity contribution in [3.05, 3.63) is 12.1 Å². The van der Waals surface area contributed by atoms with Crippen molar-refractivity contribution in [2.75, 3.05) is 34.5 Å². The van der Waals surface area contributed by atoms with E-state index in [4.69, 9.17) is 10.5 Å². The molecule has 2 aliphatic rings. The molecule has 0 aromatic heterocycles. The van der Waals surface area contributed by atoms with Crippen molar-refractivity contribution in [3.63, 3.8) is 0 Å². The minimum atomic E-state index is -2.99. The quantitative estimate of drug-likeness (QED) is 0.689. The molecule has 1 saturated heterocycles. The van der Waals surface area contributed by atoms with Gasteiger partial charge < -0.3 is 21.1 Å². The predicted octanol–water partition coefficient (Wildman–Crippen LogP) is 0.589. The summed E-state index contributed by atoms with van der Waals surface area (Å²) in [4.78, 5) is 11.3. The van der Waals surface area contributed by atoms with Crippen LogP contribution in [0.1, 0.15) is 12.8 Å². The van der Waals surface area contributed by atoms with E-state index in [1.807, 2.05) is 0 Å². The van der Waals surface area contributed by atoms with Crippen molar-refractivity contribution < 1.29 is 17.9 Å². The third-order valence-corrected chi connectivity index (χ3v) is 5.43. The number of rotatable bonds is 2. The first-order valence-corrected chi connectivity index (χ1v) is 8.58. The SMILES string of the molecule is Nc1cc2c(cc1NC1CCCS(=O)(=O)C1)NC(=O)CO2. The average Bonchev–Trinajstić information content (AvgIpc) is 2.39. The Kier molecular flexibility index (Phi) is 3.40. The summed E-state index contributed by atoms with van der Waals surface area (Å²) in [5, 5.41) is 5.86. The van der Waals surface area contributed by atoms with Gasteiger partial charge in [-0.2, -0.15) is 0 Å². The molecular weight excluding hydrogens is 294 g/mol. The summed E-state index contributed by atoms with van der Waals surface area (Å²) in [7, 11) is -2.99. The number of nitrogen functional groups attached to an aromatic ring is 1. The molecule has 2 heterocycles. The van der Waals surface area contributed by atoms with E-state index in [1.54, 1.807) is 12.1 Å². The van der Waals surface area contributed by atoms with E-state index in [0.717, 1.165) is 6.42 Å². The third kappa shape index (κ3) is 3.05. The van der Waals surface area contributed by atoms with Crippen LogP contribution in [0.2, 0.25) is 0 Å². The number of hydrogen-bond acceptors (Lipinski definition) is 6. The molecule has 2 aliphatic heterocycles. The van der Waals surface area contributed by atoms with Crippen molar-refractivity contribution in [2.45, 2.75) is 18.9 Å². The summed E-state index contributed by atoms with van der Waals surface area (Å²) in [5.74, 6) is 0.647. The molecule has 4 N–H and O–H groups in total. The Labute approximate surface area is 122 Å². The lowest BCUT2D eigenvalue weighted by Gasteiger charge is -2.26. The molecule has 8 heteroatoms. The molecule has 21 heavy (non-hydrogen) atoms. The number of sulfone groups is 1. The highest BCUT2D eigenvalue weighted by Crippen LogP contribution is 2.35. The maximum absolute atomic E-state index is 11.7. The Hall–Kier alpha value is -1.96. The first-order chi connectivity index (χ1) is 9.93. The van der Waals surface area contributed by atoms with Gasteiger partial charge in [-0.1, -0.05) is 0 Å². The topological polar surface area (TPSA) is 111 Å². The number of nitrogens with two attached hydrogens (primary N) is 1. The maximum atomic E-state index is 11.7. The molecule has 1 amide bonds. The molecule has 0 radical (unpaired) electrons. The van der Waals surface area contributed by atoms with Gasteiger partial charge in [-0.25, -0.2) is 8.42 Å². The van der Waals surface area contributed by atoms with Gasteiger partial charge in [-0.15, -0.1) is 0 Å². The van der Waals surface area contributed by atoms with Gasteiger partial charge in [0.05, 0.1) is 28.6 Å². The van der Waals surface area contributed by atoms with Gasteiger partial charge in [-0.05, 0) is 18.9 Å². The van der Waals surface area contributed by atoms with Gasteiger partial charge in [0.1, 0.15) is 5.75 Å². The van der Waals surface area contributed by atoms with Crippen molar-refractivity contribution in [1.82, 2.24) is 0 Å². The number of amides is 1. The molecular formula is C13H17N3O4S. The Morgan fingerprint density at radius 3 is 2.95 bits per heavy atom. The fraction of sp³-hybridized carbons (Fsp3) is 0.462. The van der Waals surface area contributed by atoms with E-state index in [-0.39, 0.29) is 30.1 Å². The second-order valence-electron chi connectivity index (χ2n) is 5.37. The first-order valence-electron chi connectivity index (χ1n) is 6.76. The van der Waals surface area contributed by atoms with Crippen LogP contribution >= 0.6 is 0 Å². The molecule has 3 rings (SSSR count). The normalized spacial score (nSPS) is 23.6. The van der Waals surface area contributed by atoms with Crippen LogP contribution in [-0.4, -0.2) is 38.5 Å². The monoisotopic (exact) mass is 311 g/mol. The molecule has 1 aromatic rings. The Bertz CT molecular complexity index is 687. The second kappa shape index (κ2) is 5.10. The van der Waals surface area contributed by atoms with Crippen molar-refractivity contribution in [3.8, 4) is 5.75 Å². The van der Waals surface area contributed by atoms with Crippen molar-refractivity contribution in [2.24, 2.45) is 0 Å². The van der Waals surface area contributed by atoms with Crippen LogP contribution in [-0.2, 0) is 14.6 Å². The fourth-order valence-electron chi connectivity index (χ4n) is 2.62. The maximum Gasteiger partial charge on any atom is 0.262 e. The molecule has 0 aliphatic carbocycles. The summed E-state index contributed by atoms with van der Waals surface area (Å²) in [5.41, 5.74) is 7.58. The number of carbonyl (C=O) groups excluding carboxylic acids is 1. The summed E-state index contributed by atoms with van der Waals surface area (Å²) in [6.07, 6.45) is 1.42. The summed E-state index contributed by atoms with van der Waals surface area (Å²) < 4.78 is 28.6. The molecule has 1 aromatic carbocycles. The van der Waals surface area contributed by atoms with Crippen LogP contribution < -0.4 is 21.1 Å². The number of fused-ring (bicyclic) bond motifs is 1. The standard InChI is InChI=1S/C13H17N3O4S/c14-9-4-12-11(16-13(17)6-20-12)5-10(9)15-8-2-1-3-21(18,19)7-8/h4-5,8,15H,1-3,6-7,14H2,(H,16,17). The van der Waals surface area contributed by atoms with Crippen molar-refractivity contribution in [1.29, 1.82) is 0 Å². The Morgan fingerprint density at radius 2 is 2.19 bits per heavy atom. The van der Waals surface area contributed by atoms with Crippen LogP contribution in [0.4, 0.5) is 17.1 Å². The van der Waals surface area contributed by atoms with Crippen LogP contribution in [0.3, 0.4) is 0 Å². The smallest absolute Gasteiger partial charge is 0.262 e. The lowest BCUT2D eigenvalue weighted by Crippen LogP contribution is -2.35. The molecule has 114 valence electrons. The van der Waals surface area contributed by atoms with Crippen molar-refractivity contribution >= 4 is 32.8 Å². The zero-order chi connectivity index (χ0) is 15.0. The predicted molar refractivity (Wildman–Crippen MR) is 80.3 cm³/mol. The highest BCUT2D eigenvalue weighted by atomic mass is 32.2. The van der Waals surface area contributed by atoms with E-state index in [0.29, 0.717) is 29.2 Å². The summed E-state index contributed by atoms with van der Waals surface area (Å²) in [6, 6.07) is 3.15. The van der Waals surface area contributed by atoms with Gasteiger partial charge >= 0.3 is 0 Å². The van der Waals surface area contributed by atoms with Gasteiger partial charge in [-0.3, -0.25) is 4.79 Å². The molecule has 0 spiro atoms. The highest BCUT2D eigenvalue weighted by molar-refractivity contribution is 7.91. The molecule has 0 bridgehead atoms. The van der Waals surface area contributed by atoms with Gasteiger partial charge in [0.25, 0.3) is 5.91 Å². The Morgan fingerprint density at radius 1 is 1.38 bits per heavy atom. The van der Waals surface area contributed by atoms with E-state index in [2.05, 4.69) is 10.6 Å². The minimum Gasteiger partial charge on any atom is -0.482 e. The fourth-order valence-corrected chi connectivity index (χ4v) is 4.26. The molecule has 0 saturated carbocycles. The van der Waals surface area contributed by atoms with Gasteiger partial charge in [0.15, 0.2) is 16.4 Å². The number of benzene rings is 1. The summed E-state index contributed by atoms with van der Waals surface area (Å²) >= 11 is 0. The van der Waals surface area contributed by atoms with Gasteiger partial charge in [0.2, 0.25) is 0 Å². The van der Waals surface area contributed by atoms with E-state index >= 15 is 0 Å². The minimum absolute atomic E-state index is 0.0277. The largest absolute Gasteiger partial charge is 0.482 e. The first kappa shape index (κ1) is 14.0. The second-order valence-corrected chi connectivity index (χ2v) is 7.60. The van der Waals surface area contributed by atoms with E-state index < -0.39 is 9.84 Å². The molecule has 1 unspecified atom stereocenters. The summed E-state index contributed by atoms with van der Waals surface area (Å²) in [6.45, 7) is -0.0277. The van der Waals surface area contributed by atoms with E-state index in [1.165, 1.54) is 0 Å². The highest BCUT2D eigenvalue weighted by Gasteiger charge is 2.26. The number of anilines is 3. The lowest BCUT2D eigenvalue weighted by molar-refractivity contribution is -0.118. The number of hydrogen-bond donors (Lipinski definition) is 3. The Balaban J connectivity index is 1.82.